The zero-order valence-electron chi connectivity index (χ0n) is 4.11. The molecule has 0 atom stereocenters. The number of hydrogen-bond donors (Lipinski definition) is 1. The van der Waals surface area contributed by atoms with Gasteiger partial charge in [-0.15, -0.1) is 0 Å². The maximum absolute atomic E-state index is 5.65. The standard InChI is InChI=1S/C6H4ClN/c7-4-1-5-3-6(2-4)8-5/h1-3,8H. The molecule has 0 spiro atoms. The van der Waals surface area contributed by atoms with Crippen LogP contribution < -0.4 is 5.32 Å². The molecule has 40 valence electrons. The Morgan fingerprint density at radius 2 is 1.62 bits per heavy atom. The number of anilines is 2. The molecule has 0 aromatic heterocycles. The van der Waals surface area contributed by atoms with E-state index in [-0.39, 0.29) is 0 Å². The number of benzene rings is 1. The number of nitrogens with one attached hydrogen (secondary N) is 1. The molecular weight excluding hydrogens is 122 g/mol. The summed E-state index contributed by atoms with van der Waals surface area (Å²) in [7, 11) is 0. The average Bonchev–Trinajstić information content (AvgIpc) is 1.62. The van der Waals surface area contributed by atoms with Crippen molar-refractivity contribution in [2.45, 2.75) is 0 Å². The smallest absolute Gasteiger partial charge is 0.0447 e. The summed E-state index contributed by atoms with van der Waals surface area (Å²) < 4.78 is 0. The van der Waals surface area contributed by atoms with Crippen molar-refractivity contribution in [2.75, 3.05) is 5.32 Å². The highest BCUT2D eigenvalue weighted by Gasteiger charge is 2.06. The van der Waals surface area contributed by atoms with Gasteiger partial charge in [-0.3, -0.25) is 0 Å². The first-order valence-corrected chi connectivity index (χ1v) is 2.80. The fraction of sp³-hybridized carbons (Fsp3) is 0. The Kier molecular flexibility index (Phi) is 0.619. The number of fused-ring (bicyclic) bond motifs is 2. The van der Waals surface area contributed by atoms with Gasteiger partial charge in [0.2, 0.25) is 0 Å². The second-order valence-corrected chi connectivity index (χ2v) is 2.29. The van der Waals surface area contributed by atoms with Crippen molar-refractivity contribution in [3.63, 3.8) is 0 Å². The van der Waals surface area contributed by atoms with E-state index in [0.29, 0.717) is 0 Å². The molecule has 0 unspecified atom stereocenters. The Balaban J connectivity index is 2.69. The third kappa shape index (κ3) is 0.421. The van der Waals surface area contributed by atoms with Gasteiger partial charge in [0.15, 0.2) is 0 Å². The predicted molar refractivity (Wildman–Crippen MR) is 34.7 cm³/mol. The molecule has 0 aliphatic carbocycles. The Hall–Kier alpha value is -0.690. The van der Waals surface area contributed by atoms with Crippen molar-refractivity contribution in [3.05, 3.63) is 23.2 Å². The largest absolute Gasteiger partial charge is 0.355 e. The van der Waals surface area contributed by atoms with E-state index in [0.717, 1.165) is 16.4 Å². The summed E-state index contributed by atoms with van der Waals surface area (Å²) in [6.45, 7) is 0. The van der Waals surface area contributed by atoms with Crippen LogP contribution in [0.2, 0.25) is 5.02 Å². The monoisotopic (exact) mass is 125 g/mol. The molecule has 1 aromatic carbocycles. The van der Waals surface area contributed by atoms with Crippen LogP contribution in [0.25, 0.3) is 0 Å². The molecule has 0 saturated heterocycles. The molecule has 0 fully saturated rings. The summed E-state index contributed by atoms with van der Waals surface area (Å²) in [5.74, 6) is 0. The van der Waals surface area contributed by atoms with Crippen molar-refractivity contribution >= 4 is 23.0 Å². The van der Waals surface area contributed by atoms with Crippen molar-refractivity contribution in [2.24, 2.45) is 0 Å². The molecule has 0 amide bonds. The summed E-state index contributed by atoms with van der Waals surface area (Å²) in [6.07, 6.45) is 0. The van der Waals surface area contributed by atoms with E-state index in [1.54, 1.807) is 0 Å². The lowest BCUT2D eigenvalue weighted by Crippen LogP contribution is -1.99. The van der Waals surface area contributed by atoms with Crippen LogP contribution in [0.3, 0.4) is 0 Å². The van der Waals surface area contributed by atoms with Gasteiger partial charge in [-0.2, -0.15) is 0 Å². The third-order valence-corrected chi connectivity index (χ3v) is 1.40. The van der Waals surface area contributed by atoms with E-state index < -0.39 is 0 Å². The maximum Gasteiger partial charge on any atom is 0.0447 e. The second kappa shape index (κ2) is 1.17. The Morgan fingerprint density at radius 3 is 1.88 bits per heavy atom. The van der Waals surface area contributed by atoms with Gasteiger partial charge in [0.05, 0.1) is 0 Å². The summed E-state index contributed by atoms with van der Waals surface area (Å²) in [5, 5.41) is 3.89. The van der Waals surface area contributed by atoms with E-state index in [4.69, 9.17) is 11.6 Å². The average molecular weight is 126 g/mol. The van der Waals surface area contributed by atoms with Crippen molar-refractivity contribution < 1.29 is 0 Å². The summed E-state index contributed by atoms with van der Waals surface area (Å²) >= 11 is 5.65. The quantitative estimate of drug-likeness (QED) is 0.570. The molecule has 1 N–H and O–H groups in total. The van der Waals surface area contributed by atoms with E-state index in [1.807, 2.05) is 18.2 Å². The highest BCUT2D eigenvalue weighted by atomic mass is 35.5. The first kappa shape index (κ1) is 4.21. The second-order valence-electron chi connectivity index (χ2n) is 1.85. The van der Waals surface area contributed by atoms with Crippen LogP contribution >= 0.6 is 11.6 Å². The highest BCUT2D eigenvalue weighted by Crippen LogP contribution is 2.32. The van der Waals surface area contributed by atoms with E-state index >= 15 is 0 Å². The van der Waals surface area contributed by atoms with Crippen LogP contribution in [-0.2, 0) is 0 Å². The van der Waals surface area contributed by atoms with Gasteiger partial charge in [0, 0.05) is 16.4 Å². The van der Waals surface area contributed by atoms with Gasteiger partial charge in [0.1, 0.15) is 0 Å². The van der Waals surface area contributed by atoms with Crippen LogP contribution in [0.4, 0.5) is 11.4 Å². The number of rotatable bonds is 0. The van der Waals surface area contributed by atoms with Crippen LogP contribution in [0.15, 0.2) is 18.2 Å². The van der Waals surface area contributed by atoms with E-state index in [1.165, 1.54) is 0 Å². The Morgan fingerprint density at radius 1 is 1.12 bits per heavy atom. The van der Waals surface area contributed by atoms with E-state index in [2.05, 4.69) is 5.32 Å². The minimum Gasteiger partial charge on any atom is -0.355 e. The lowest BCUT2D eigenvalue weighted by molar-refractivity contribution is 1.47. The van der Waals surface area contributed by atoms with Gasteiger partial charge in [0.25, 0.3) is 0 Å². The van der Waals surface area contributed by atoms with Crippen molar-refractivity contribution in [1.82, 2.24) is 0 Å². The molecule has 1 nitrogen and oxygen atoms in total. The fourth-order valence-electron chi connectivity index (χ4n) is 0.823. The minimum atomic E-state index is 0.816. The first-order valence-electron chi connectivity index (χ1n) is 2.42. The molecular formula is C6H4ClN. The van der Waals surface area contributed by atoms with Crippen LogP contribution in [0, 0.1) is 0 Å². The normalized spacial score (nSPS) is 12.1. The van der Waals surface area contributed by atoms with Gasteiger partial charge in [-0.25, -0.2) is 0 Å². The lowest BCUT2D eigenvalue weighted by Gasteiger charge is -2.16. The molecule has 3 rings (SSSR count). The van der Waals surface area contributed by atoms with Crippen molar-refractivity contribution in [3.8, 4) is 0 Å². The SMILES string of the molecule is Clc1cc2cc(c1)N2. The third-order valence-electron chi connectivity index (χ3n) is 1.19. The van der Waals surface area contributed by atoms with Gasteiger partial charge in [-0.1, -0.05) is 11.6 Å². The lowest BCUT2D eigenvalue weighted by atomic mass is 10.2. The first-order chi connectivity index (χ1) is 3.84. The van der Waals surface area contributed by atoms with Crippen LogP contribution in [-0.4, -0.2) is 0 Å². The van der Waals surface area contributed by atoms with Crippen molar-refractivity contribution in [1.29, 1.82) is 0 Å². The van der Waals surface area contributed by atoms with Gasteiger partial charge >= 0.3 is 0 Å². The van der Waals surface area contributed by atoms with Gasteiger partial charge in [-0.05, 0) is 18.2 Å². The number of halogens is 1. The van der Waals surface area contributed by atoms with Gasteiger partial charge < -0.3 is 5.32 Å². The minimum absolute atomic E-state index is 0.816. The predicted octanol–water partition coefficient (Wildman–Crippen LogP) is 2.40. The maximum atomic E-state index is 5.65. The number of hydrogen-bond acceptors (Lipinski definition) is 1. The topological polar surface area (TPSA) is 12.0 Å². The molecule has 0 saturated carbocycles. The zero-order valence-corrected chi connectivity index (χ0v) is 4.87. The molecule has 2 aliphatic heterocycles. The highest BCUT2D eigenvalue weighted by molar-refractivity contribution is 6.31. The van der Waals surface area contributed by atoms with Crippen LogP contribution in [0.1, 0.15) is 0 Å². The van der Waals surface area contributed by atoms with Crippen LogP contribution in [0.5, 0.6) is 0 Å². The molecule has 2 bridgehead atoms. The fourth-order valence-corrected chi connectivity index (χ4v) is 1.06. The molecule has 1 aromatic rings. The molecule has 2 aliphatic rings. The summed E-state index contributed by atoms with van der Waals surface area (Å²) in [4.78, 5) is 0. The Bertz CT molecular complexity index is 210. The molecule has 2 heterocycles. The van der Waals surface area contributed by atoms with E-state index in [9.17, 15) is 0 Å². The summed E-state index contributed by atoms with van der Waals surface area (Å²) in [5.41, 5.74) is 2.24. The summed E-state index contributed by atoms with van der Waals surface area (Å²) in [6, 6.07) is 5.84. The molecule has 0 radical (unpaired) electrons. The Labute approximate surface area is 52.3 Å². The zero-order chi connectivity index (χ0) is 5.56. The molecule has 2 heteroatoms. The molecule has 8 heavy (non-hydrogen) atoms.